The number of rotatable bonds is 3. The van der Waals surface area contributed by atoms with E-state index < -0.39 is 10.0 Å². The molecule has 0 radical (unpaired) electrons. The summed E-state index contributed by atoms with van der Waals surface area (Å²) in [6.07, 6.45) is 5.66. The molecular formula is C21H24N2O2S. The molecule has 0 saturated carbocycles. The van der Waals surface area contributed by atoms with Crippen LogP contribution in [-0.2, 0) is 22.9 Å². The minimum absolute atomic E-state index is 0.317. The van der Waals surface area contributed by atoms with Crippen LogP contribution in [0.5, 0.6) is 0 Å². The Balaban J connectivity index is 1.75. The fourth-order valence-corrected chi connectivity index (χ4v) is 4.93. The van der Waals surface area contributed by atoms with Gasteiger partial charge in [-0.05, 0) is 80.5 Å². The minimum atomic E-state index is -3.62. The molecule has 0 aliphatic heterocycles. The van der Waals surface area contributed by atoms with Gasteiger partial charge in [0, 0.05) is 16.6 Å². The van der Waals surface area contributed by atoms with Crippen molar-refractivity contribution in [2.45, 2.75) is 50.8 Å². The highest BCUT2D eigenvalue weighted by molar-refractivity contribution is 7.92. The zero-order valence-corrected chi connectivity index (χ0v) is 16.0. The second-order valence-corrected chi connectivity index (χ2v) is 8.96. The monoisotopic (exact) mass is 368 g/mol. The van der Waals surface area contributed by atoms with Crippen molar-refractivity contribution in [1.82, 2.24) is 4.98 Å². The van der Waals surface area contributed by atoms with Crippen LogP contribution in [0.3, 0.4) is 0 Å². The number of nitrogens with one attached hydrogen (secondary N) is 2. The number of benzene rings is 2. The zero-order valence-electron chi connectivity index (χ0n) is 15.2. The first-order valence-corrected chi connectivity index (χ1v) is 10.7. The normalized spacial score (nSPS) is 14.8. The number of H-pyrrole nitrogens is 1. The molecule has 1 aliphatic carbocycles. The Labute approximate surface area is 154 Å². The van der Waals surface area contributed by atoms with Gasteiger partial charge in [-0.15, -0.1) is 0 Å². The van der Waals surface area contributed by atoms with Gasteiger partial charge in [0.25, 0.3) is 10.0 Å². The van der Waals surface area contributed by atoms with Crippen molar-refractivity contribution in [2.75, 3.05) is 4.72 Å². The predicted octanol–water partition coefficient (Wildman–Crippen LogP) is 4.85. The largest absolute Gasteiger partial charge is 0.358 e. The number of anilines is 1. The van der Waals surface area contributed by atoms with Gasteiger partial charge in [0.2, 0.25) is 0 Å². The maximum Gasteiger partial charge on any atom is 0.261 e. The van der Waals surface area contributed by atoms with Gasteiger partial charge < -0.3 is 4.98 Å². The molecule has 26 heavy (non-hydrogen) atoms. The van der Waals surface area contributed by atoms with E-state index in [-0.39, 0.29) is 0 Å². The second kappa shape index (κ2) is 6.47. The number of sulfonamides is 1. The van der Waals surface area contributed by atoms with Gasteiger partial charge in [-0.3, -0.25) is 4.72 Å². The number of aromatic amines is 1. The van der Waals surface area contributed by atoms with Crippen molar-refractivity contribution in [3.63, 3.8) is 0 Å². The highest BCUT2D eigenvalue weighted by Crippen LogP contribution is 2.31. The molecule has 1 heterocycles. The smallest absolute Gasteiger partial charge is 0.261 e. The number of hydrogen-bond donors (Lipinski definition) is 2. The summed E-state index contributed by atoms with van der Waals surface area (Å²) in [4.78, 5) is 3.80. The molecule has 0 unspecified atom stereocenters. The number of fused-ring (bicyclic) bond motifs is 3. The summed E-state index contributed by atoms with van der Waals surface area (Å²) in [6.45, 7) is 3.87. The lowest BCUT2D eigenvalue weighted by Gasteiger charge is -2.12. The van der Waals surface area contributed by atoms with Crippen LogP contribution in [0, 0.1) is 13.8 Å². The van der Waals surface area contributed by atoms with E-state index in [1.54, 1.807) is 6.07 Å². The quantitative estimate of drug-likeness (QED) is 0.649. The molecule has 0 bridgehead atoms. The van der Waals surface area contributed by atoms with Gasteiger partial charge in [0.15, 0.2) is 0 Å². The summed E-state index contributed by atoms with van der Waals surface area (Å²) >= 11 is 0. The van der Waals surface area contributed by atoms with Crippen LogP contribution in [0.4, 0.5) is 5.69 Å². The van der Waals surface area contributed by atoms with Crippen LogP contribution < -0.4 is 4.72 Å². The highest BCUT2D eigenvalue weighted by atomic mass is 32.2. The van der Waals surface area contributed by atoms with E-state index in [0.29, 0.717) is 10.6 Å². The third kappa shape index (κ3) is 3.12. The van der Waals surface area contributed by atoms with Crippen molar-refractivity contribution in [3.05, 3.63) is 58.8 Å². The van der Waals surface area contributed by atoms with E-state index in [1.807, 2.05) is 44.2 Å². The third-order valence-electron chi connectivity index (χ3n) is 5.27. The van der Waals surface area contributed by atoms with Crippen molar-refractivity contribution in [2.24, 2.45) is 0 Å². The molecule has 0 spiro atoms. The molecule has 5 heteroatoms. The van der Waals surface area contributed by atoms with Crippen LogP contribution in [-0.4, -0.2) is 13.4 Å². The van der Waals surface area contributed by atoms with Crippen molar-refractivity contribution in [1.29, 1.82) is 0 Å². The van der Waals surface area contributed by atoms with E-state index in [2.05, 4.69) is 9.71 Å². The first-order valence-electron chi connectivity index (χ1n) is 9.17. The SMILES string of the molecule is Cc1ccc(C)c(NS(=O)(=O)c2ccc3[nH]c4c(c3c2)CCCCC4)c1. The molecule has 0 atom stereocenters. The van der Waals surface area contributed by atoms with E-state index in [9.17, 15) is 8.42 Å². The molecule has 1 aromatic heterocycles. The maximum atomic E-state index is 12.9. The van der Waals surface area contributed by atoms with Gasteiger partial charge in [-0.25, -0.2) is 8.42 Å². The Bertz CT molecular complexity index is 1080. The van der Waals surface area contributed by atoms with Crippen LogP contribution in [0.15, 0.2) is 41.3 Å². The minimum Gasteiger partial charge on any atom is -0.358 e. The molecule has 0 saturated heterocycles. The van der Waals surface area contributed by atoms with Gasteiger partial charge >= 0.3 is 0 Å². The average Bonchev–Trinajstić information content (AvgIpc) is 2.78. The van der Waals surface area contributed by atoms with Crippen LogP contribution in [0.1, 0.15) is 41.6 Å². The molecule has 0 amide bonds. The fraction of sp³-hybridized carbons (Fsp3) is 0.333. The molecular weight excluding hydrogens is 344 g/mol. The Morgan fingerprint density at radius 3 is 2.62 bits per heavy atom. The third-order valence-corrected chi connectivity index (χ3v) is 6.63. The van der Waals surface area contributed by atoms with Crippen LogP contribution in [0.2, 0.25) is 0 Å². The molecule has 1 aliphatic rings. The Hall–Kier alpha value is -2.27. The summed E-state index contributed by atoms with van der Waals surface area (Å²) in [6, 6.07) is 11.2. The summed E-state index contributed by atoms with van der Waals surface area (Å²) in [5, 5.41) is 1.05. The topological polar surface area (TPSA) is 62.0 Å². The van der Waals surface area contributed by atoms with Gasteiger partial charge in [-0.2, -0.15) is 0 Å². The zero-order chi connectivity index (χ0) is 18.3. The van der Waals surface area contributed by atoms with Crippen molar-refractivity contribution < 1.29 is 8.42 Å². The molecule has 2 aromatic carbocycles. The Morgan fingerprint density at radius 1 is 0.962 bits per heavy atom. The Kier molecular flexibility index (Phi) is 4.27. The van der Waals surface area contributed by atoms with Gasteiger partial charge in [0.1, 0.15) is 0 Å². The standard InChI is InChI=1S/C21H24N2O2S/c1-14-8-9-15(2)21(12-14)23-26(24,25)16-10-11-20-18(13-16)17-6-4-3-5-7-19(17)22-20/h8-13,22-23H,3-7H2,1-2H3. The van der Waals surface area contributed by atoms with Gasteiger partial charge in [-0.1, -0.05) is 18.6 Å². The fourth-order valence-electron chi connectivity index (χ4n) is 3.78. The van der Waals surface area contributed by atoms with E-state index in [1.165, 1.54) is 24.1 Å². The lowest BCUT2D eigenvalue weighted by Crippen LogP contribution is -2.13. The number of hydrogen-bond acceptors (Lipinski definition) is 2. The first-order chi connectivity index (χ1) is 12.4. The second-order valence-electron chi connectivity index (χ2n) is 7.27. The molecule has 0 fully saturated rings. The van der Waals surface area contributed by atoms with Crippen LogP contribution >= 0.6 is 0 Å². The van der Waals surface area contributed by atoms with Crippen molar-refractivity contribution >= 4 is 26.6 Å². The number of aryl methyl sites for hydroxylation is 4. The van der Waals surface area contributed by atoms with E-state index in [0.717, 1.165) is 41.3 Å². The summed E-state index contributed by atoms with van der Waals surface area (Å²) in [5.74, 6) is 0. The first kappa shape index (κ1) is 17.2. The highest BCUT2D eigenvalue weighted by Gasteiger charge is 2.19. The van der Waals surface area contributed by atoms with E-state index >= 15 is 0 Å². The van der Waals surface area contributed by atoms with Crippen molar-refractivity contribution in [3.8, 4) is 0 Å². The lowest BCUT2D eigenvalue weighted by molar-refractivity contribution is 0.601. The molecule has 4 nitrogen and oxygen atoms in total. The molecule has 136 valence electrons. The average molecular weight is 369 g/mol. The summed E-state index contributed by atoms with van der Waals surface area (Å²) < 4.78 is 28.6. The lowest BCUT2D eigenvalue weighted by atomic mass is 10.1. The summed E-state index contributed by atoms with van der Waals surface area (Å²) in [7, 11) is -3.62. The molecule has 2 N–H and O–H groups in total. The summed E-state index contributed by atoms with van der Waals surface area (Å²) in [5.41, 5.74) is 6.17. The Morgan fingerprint density at radius 2 is 1.77 bits per heavy atom. The predicted molar refractivity (Wildman–Crippen MR) is 106 cm³/mol. The maximum absolute atomic E-state index is 12.9. The van der Waals surface area contributed by atoms with E-state index in [4.69, 9.17) is 0 Å². The van der Waals surface area contributed by atoms with Crippen LogP contribution in [0.25, 0.3) is 10.9 Å². The van der Waals surface area contributed by atoms with Gasteiger partial charge in [0.05, 0.1) is 10.6 Å². The molecule has 4 rings (SSSR count). The molecule has 3 aromatic rings. The number of aromatic nitrogens is 1.